The van der Waals surface area contributed by atoms with Crippen LogP contribution in [0.15, 0.2) is 41.9 Å². The molecule has 0 radical (unpaired) electrons. The molecule has 3 N–H and O–H groups in total. The van der Waals surface area contributed by atoms with Crippen molar-refractivity contribution in [3.05, 3.63) is 41.9 Å². The molecule has 1 heterocycles. The number of anilines is 1. The molecular formula is C14H19ClIN5O. The lowest BCUT2D eigenvalue weighted by molar-refractivity contribution is 0.415. The SMILES string of the molecule is COc1ccc(NC(N)=NCCCn2ccnc2)cc1Cl.I. The molecule has 2 rings (SSSR count). The highest BCUT2D eigenvalue weighted by Gasteiger charge is 2.02. The maximum Gasteiger partial charge on any atom is 0.193 e. The highest BCUT2D eigenvalue weighted by molar-refractivity contribution is 14.0. The number of nitrogens with zero attached hydrogens (tertiary/aromatic N) is 3. The normalized spacial score (nSPS) is 10.9. The number of ether oxygens (including phenoxy) is 1. The average molecular weight is 436 g/mol. The van der Waals surface area contributed by atoms with E-state index in [9.17, 15) is 0 Å². The largest absolute Gasteiger partial charge is 0.495 e. The molecule has 0 saturated heterocycles. The van der Waals surface area contributed by atoms with Gasteiger partial charge in [0.15, 0.2) is 5.96 Å². The predicted octanol–water partition coefficient (Wildman–Crippen LogP) is 2.98. The summed E-state index contributed by atoms with van der Waals surface area (Å²) in [5.41, 5.74) is 6.61. The van der Waals surface area contributed by atoms with Crippen LogP contribution in [-0.4, -0.2) is 29.2 Å². The Morgan fingerprint density at radius 3 is 2.95 bits per heavy atom. The van der Waals surface area contributed by atoms with Crippen molar-refractivity contribution < 1.29 is 4.74 Å². The predicted molar refractivity (Wildman–Crippen MR) is 100 cm³/mol. The molecule has 0 unspecified atom stereocenters. The van der Waals surface area contributed by atoms with Crippen molar-refractivity contribution >= 4 is 47.2 Å². The third-order valence-corrected chi connectivity index (χ3v) is 3.14. The molecule has 0 aliphatic carbocycles. The maximum absolute atomic E-state index is 6.04. The van der Waals surface area contributed by atoms with Crippen LogP contribution in [0.3, 0.4) is 0 Å². The monoisotopic (exact) mass is 435 g/mol. The molecular weight excluding hydrogens is 417 g/mol. The fourth-order valence-corrected chi connectivity index (χ4v) is 2.06. The summed E-state index contributed by atoms with van der Waals surface area (Å²) >= 11 is 6.04. The Bertz CT molecular complexity index is 603. The van der Waals surface area contributed by atoms with Gasteiger partial charge in [-0.15, -0.1) is 24.0 Å². The van der Waals surface area contributed by atoms with Gasteiger partial charge in [0, 0.05) is 31.2 Å². The Morgan fingerprint density at radius 2 is 2.32 bits per heavy atom. The fraction of sp³-hybridized carbons (Fsp3) is 0.286. The van der Waals surface area contributed by atoms with Crippen LogP contribution >= 0.6 is 35.6 Å². The van der Waals surface area contributed by atoms with E-state index in [-0.39, 0.29) is 24.0 Å². The molecule has 6 nitrogen and oxygen atoms in total. The zero-order valence-corrected chi connectivity index (χ0v) is 15.3. The molecule has 0 fully saturated rings. The molecule has 8 heteroatoms. The summed E-state index contributed by atoms with van der Waals surface area (Å²) in [5.74, 6) is 0.986. The fourth-order valence-electron chi connectivity index (χ4n) is 1.80. The minimum Gasteiger partial charge on any atom is -0.495 e. The van der Waals surface area contributed by atoms with E-state index in [4.69, 9.17) is 22.1 Å². The van der Waals surface area contributed by atoms with Crippen molar-refractivity contribution in [3.8, 4) is 5.75 Å². The second-order valence-electron chi connectivity index (χ2n) is 4.40. The summed E-state index contributed by atoms with van der Waals surface area (Å²) < 4.78 is 7.09. The molecule has 0 aliphatic rings. The standard InChI is InChI=1S/C14H18ClN5O.HI/c1-21-13-4-3-11(9-12(13)15)19-14(16)18-5-2-7-20-8-6-17-10-20;/h3-4,6,8-10H,2,5,7H2,1H3,(H3,16,18,19);1H. The number of aryl methyl sites for hydroxylation is 1. The van der Waals surface area contributed by atoms with Crippen molar-refractivity contribution in [3.63, 3.8) is 0 Å². The van der Waals surface area contributed by atoms with Crippen LogP contribution in [0.1, 0.15) is 6.42 Å². The summed E-state index contributed by atoms with van der Waals surface area (Å²) in [5, 5.41) is 3.52. The van der Waals surface area contributed by atoms with Crippen molar-refractivity contribution in [2.45, 2.75) is 13.0 Å². The number of guanidine groups is 1. The minimum atomic E-state index is 0. The van der Waals surface area contributed by atoms with Gasteiger partial charge in [-0.1, -0.05) is 11.6 Å². The summed E-state index contributed by atoms with van der Waals surface area (Å²) in [4.78, 5) is 8.25. The van der Waals surface area contributed by atoms with E-state index in [2.05, 4.69) is 15.3 Å². The molecule has 1 aromatic heterocycles. The number of halogens is 2. The molecule has 0 spiro atoms. The number of imidazole rings is 1. The molecule has 0 aliphatic heterocycles. The van der Waals surface area contributed by atoms with Crippen molar-refractivity contribution in [1.29, 1.82) is 0 Å². The molecule has 22 heavy (non-hydrogen) atoms. The van der Waals surface area contributed by atoms with Gasteiger partial charge in [0.1, 0.15) is 5.75 Å². The van der Waals surface area contributed by atoms with E-state index in [0.717, 1.165) is 18.7 Å². The number of methoxy groups -OCH3 is 1. The van der Waals surface area contributed by atoms with Crippen LogP contribution in [-0.2, 0) is 6.54 Å². The minimum absolute atomic E-state index is 0. The lowest BCUT2D eigenvalue weighted by Crippen LogP contribution is -2.23. The van der Waals surface area contributed by atoms with E-state index in [1.165, 1.54) is 0 Å². The average Bonchev–Trinajstić information content (AvgIpc) is 2.97. The first kappa shape index (κ1) is 18.6. The quantitative estimate of drug-likeness (QED) is 0.316. The number of nitrogens with two attached hydrogens (primary N) is 1. The first-order valence-electron chi connectivity index (χ1n) is 6.55. The third-order valence-electron chi connectivity index (χ3n) is 2.84. The third kappa shape index (κ3) is 5.72. The molecule has 0 atom stereocenters. The second kappa shape index (κ2) is 9.52. The van der Waals surface area contributed by atoms with Gasteiger partial charge in [0.05, 0.1) is 18.5 Å². The Morgan fingerprint density at radius 1 is 1.50 bits per heavy atom. The van der Waals surface area contributed by atoms with Gasteiger partial charge >= 0.3 is 0 Å². The van der Waals surface area contributed by atoms with Crippen LogP contribution < -0.4 is 15.8 Å². The van der Waals surface area contributed by atoms with Crippen LogP contribution in [0.4, 0.5) is 5.69 Å². The highest BCUT2D eigenvalue weighted by Crippen LogP contribution is 2.26. The molecule has 0 saturated carbocycles. The van der Waals surface area contributed by atoms with Gasteiger partial charge in [0.2, 0.25) is 0 Å². The topological polar surface area (TPSA) is 77.5 Å². The Balaban J connectivity index is 0.00000242. The number of nitrogens with one attached hydrogen (secondary N) is 1. The zero-order valence-electron chi connectivity index (χ0n) is 12.2. The summed E-state index contributed by atoms with van der Waals surface area (Å²) in [7, 11) is 1.57. The Kier molecular flexibility index (Phi) is 8.03. The van der Waals surface area contributed by atoms with Gasteiger partial charge in [-0.2, -0.15) is 0 Å². The van der Waals surface area contributed by atoms with Gasteiger partial charge in [-0.25, -0.2) is 4.98 Å². The van der Waals surface area contributed by atoms with E-state index in [1.807, 2.05) is 16.8 Å². The molecule has 1 aromatic carbocycles. The van der Waals surface area contributed by atoms with Gasteiger partial charge in [0.25, 0.3) is 0 Å². The first-order chi connectivity index (χ1) is 10.2. The van der Waals surface area contributed by atoms with Gasteiger partial charge < -0.3 is 20.4 Å². The first-order valence-corrected chi connectivity index (χ1v) is 6.93. The lowest BCUT2D eigenvalue weighted by atomic mass is 10.3. The van der Waals surface area contributed by atoms with E-state index in [1.54, 1.807) is 31.8 Å². The lowest BCUT2D eigenvalue weighted by Gasteiger charge is -2.08. The van der Waals surface area contributed by atoms with Gasteiger partial charge in [-0.3, -0.25) is 4.99 Å². The van der Waals surface area contributed by atoms with Crippen molar-refractivity contribution in [1.82, 2.24) is 9.55 Å². The Hall–Kier alpha value is -1.48. The van der Waals surface area contributed by atoms with E-state index in [0.29, 0.717) is 23.3 Å². The number of hydrogen-bond donors (Lipinski definition) is 2. The maximum atomic E-state index is 6.04. The number of rotatable bonds is 6. The zero-order chi connectivity index (χ0) is 15.1. The summed E-state index contributed by atoms with van der Waals surface area (Å²) in [6.45, 7) is 1.51. The van der Waals surface area contributed by atoms with Crippen LogP contribution in [0.2, 0.25) is 5.02 Å². The number of benzene rings is 1. The Labute approximate surface area is 151 Å². The number of aliphatic imine (C=N–C) groups is 1. The second-order valence-corrected chi connectivity index (χ2v) is 4.80. The molecule has 0 bridgehead atoms. The molecule has 120 valence electrons. The number of aromatic nitrogens is 2. The molecule has 2 aromatic rings. The number of hydrogen-bond acceptors (Lipinski definition) is 3. The van der Waals surface area contributed by atoms with E-state index < -0.39 is 0 Å². The van der Waals surface area contributed by atoms with Crippen LogP contribution in [0.5, 0.6) is 5.75 Å². The van der Waals surface area contributed by atoms with Crippen molar-refractivity contribution in [2.75, 3.05) is 19.0 Å². The van der Waals surface area contributed by atoms with Crippen LogP contribution in [0.25, 0.3) is 0 Å². The highest BCUT2D eigenvalue weighted by atomic mass is 127. The van der Waals surface area contributed by atoms with Gasteiger partial charge in [-0.05, 0) is 24.6 Å². The smallest absolute Gasteiger partial charge is 0.193 e. The van der Waals surface area contributed by atoms with E-state index >= 15 is 0 Å². The summed E-state index contributed by atoms with van der Waals surface area (Å²) in [6.07, 6.45) is 6.35. The molecule has 0 amide bonds. The van der Waals surface area contributed by atoms with Crippen LogP contribution in [0, 0.1) is 0 Å². The van der Waals surface area contributed by atoms with Crippen molar-refractivity contribution in [2.24, 2.45) is 10.7 Å². The summed E-state index contributed by atoms with van der Waals surface area (Å²) in [6, 6.07) is 5.35.